The Morgan fingerprint density at radius 3 is 2.33 bits per heavy atom. The predicted molar refractivity (Wildman–Crippen MR) is 153 cm³/mol. The van der Waals surface area contributed by atoms with E-state index < -0.39 is 70.3 Å². The maximum absolute atomic E-state index is 14.2. The molecule has 0 bridgehead atoms. The largest absolute Gasteiger partial charge is 0.436 e. The molecule has 1 unspecified atom stereocenters. The zero-order valence-electron chi connectivity index (χ0n) is 24.3. The van der Waals surface area contributed by atoms with Crippen molar-refractivity contribution in [3.63, 3.8) is 0 Å². The zero-order valence-corrected chi connectivity index (χ0v) is 24.3. The average molecular weight is 628 g/mol. The Morgan fingerprint density at radius 1 is 1.02 bits per heavy atom. The molecule has 2 aromatic carbocycles. The monoisotopic (exact) mass is 627 g/mol. The van der Waals surface area contributed by atoms with Gasteiger partial charge in [-0.15, -0.1) is 0 Å². The number of halogens is 6. The molecule has 4 aromatic rings. The van der Waals surface area contributed by atoms with Gasteiger partial charge in [0.25, 0.3) is 5.91 Å². The summed E-state index contributed by atoms with van der Waals surface area (Å²) in [7, 11) is 0. The predicted octanol–water partition coefficient (Wildman–Crippen LogP) is 5.98. The number of carbonyl (C=O) groups excluding carboxylic acids is 2. The summed E-state index contributed by atoms with van der Waals surface area (Å²) in [5.41, 5.74) is 3.53. The highest BCUT2D eigenvalue weighted by Gasteiger charge is 2.37. The fourth-order valence-electron chi connectivity index (χ4n) is 4.45. The molecule has 2 amide bonds. The van der Waals surface area contributed by atoms with Crippen molar-refractivity contribution in [1.82, 2.24) is 20.1 Å². The quantitative estimate of drug-likeness (QED) is 0.185. The van der Waals surface area contributed by atoms with Gasteiger partial charge in [-0.1, -0.05) is 24.0 Å². The lowest BCUT2D eigenvalue weighted by atomic mass is 9.94. The molecule has 0 aliphatic heterocycles. The van der Waals surface area contributed by atoms with Gasteiger partial charge in [0, 0.05) is 29.4 Å². The number of aromatic nitrogens is 3. The van der Waals surface area contributed by atoms with Crippen LogP contribution in [0.3, 0.4) is 0 Å². The molecule has 0 aliphatic carbocycles. The van der Waals surface area contributed by atoms with E-state index in [1.165, 1.54) is 24.4 Å². The Morgan fingerprint density at radius 2 is 1.71 bits per heavy atom. The minimum Gasteiger partial charge on any atom is -0.366 e. The smallest absolute Gasteiger partial charge is 0.366 e. The van der Waals surface area contributed by atoms with E-state index in [2.05, 4.69) is 27.2 Å². The molecule has 1 atom stereocenters. The van der Waals surface area contributed by atoms with E-state index in [-0.39, 0.29) is 17.7 Å². The first kappa shape index (κ1) is 32.8. The lowest BCUT2D eigenvalue weighted by Crippen LogP contribution is -2.34. The van der Waals surface area contributed by atoms with Crippen LogP contribution >= 0.6 is 0 Å². The number of rotatable bonds is 8. The van der Waals surface area contributed by atoms with Crippen molar-refractivity contribution < 1.29 is 35.9 Å². The van der Waals surface area contributed by atoms with Crippen molar-refractivity contribution >= 4 is 11.8 Å². The topological polar surface area (TPSA) is 103 Å². The number of nitrogens with one attached hydrogen (secondary N) is 1. The number of benzene rings is 2. The zero-order chi connectivity index (χ0) is 33.1. The van der Waals surface area contributed by atoms with E-state index in [9.17, 15) is 35.9 Å². The van der Waals surface area contributed by atoms with Crippen LogP contribution < -0.4 is 11.1 Å². The highest BCUT2D eigenvalue weighted by Crippen LogP contribution is 2.32. The molecule has 4 rings (SSSR count). The highest BCUT2D eigenvalue weighted by molar-refractivity contribution is 5.94. The van der Waals surface area contributed by atoms with Crippen LogP contribution in [0.4, 0.5) is 26.3 Å². The van der Waals surface area contributed by atoms with E-state index >= 15 is 0 Å². The Hall–Kier alpha value is -5.12. The Labute approximate surface area is 254 Å². The summed E-state index contributed by atoms with van der Waals surface area (Å²) in [6, 6.07) is 8.35. The van der Waals surface area contributed by atoms with Gasteiger partial charge in [0.2, 0.25) is 5.91 Å². The molecule has 0 fully saturated rings. The van der Waals surface area contributed by atoms with Gasteiger partial charge in [0.05, 0.1) is 22.9 Å². The number of nitrogens with zero attached hydrogens (tertiary/aromatic N) is 3. The summed E-state index contributed by atoms with van der Waals surface area (Å²) in [6.45, 7) is 4.51. The molecule has 2 heterocycles. The highest BCUT2D eigenvalue weighted by atomic mass is 19.4. The van der Waals surface area contributed by atoms with Crippen molar-refractivity contribution in [1.29, 1.82) is 0 Å². The molecular formula is C32H27F6N5O2. The summed E-state index contributed by atoms with van der Waals surface area (Å²) < 4.78 is 84.3. The molecule has 0 saturated heterocycles. The van der Waals surface area contributed by atoms with Crippen LogP contribution in [0.5, 0.6) is 0 Å². The van der Waals surface area contributed by atoms with Crippen LogP contribution in [-0.4, -0.2) is 26.6 Å². The Bertz CT molecular complexity index is 1790. The number of nitrogens with two attached hydrogens (primary N) is 1. The van der Waals surface area contributed by atoms with Gasteiger partial charge in [0.1, 0.15) is 24.0 Å². The lowest BCUT2D eigenvalue weighted by Gasteiger charge is -2.22. The summed E-state index contributed by atoms with van der Waals surface area (Å²) in [6.07, 6.45) is -2.65. The van der Waals surface area contributed by atoms with Gasteiger partial charge in [-0.05, 0) is 68.7 Å². The third kappa shape index (κ3) is 8.50. The number of pyridine rings is 1. The van der Waals surface area contributed by atoms with Crippen LogP contribution in [0.2, 0.25) is 0 Å². The molecule has 0 saturated carbocycles. The van der Waals surface area contributed by atoms with E-state index in [0.29, 0.717) is 17.2 Å². The minimum atomic E-state index is -4.84. The second-order valence-electron chi connectivity index (χ2n) is 11.2. The van der Waals surface area contributed by atoms with Crippen molar-refractivity contribution in [2.45, 2.75) is 46.0 Å². The molecule has 0 aliphatic rings. The fourth-order valence-corrected chi connectivity index (χ4v) is 4.45. The van der Waals surface area contributed by atoms with Crippen molar-refractivity contribution in [3.05, 3.63) is 106 Å². The minimum absolute atomic E-state index is 0.129. The molecule has 2 aromatic heterocycles. The average Bonchev–Trinajstić information content (AvgIpc) is 3.34. The Kier molecular flexibility index (Phi) is 9.37. The van der Waals surface area contributed by atoms with E-state index in [1.54, 1.807) is 26.8 Å². The first-order valence-corrected chi connectivity index (χ1v) is 13.5. The van der Waals surface area contributed by atoms with E-state index in [0.717, 1.165) is 29.1 Å². The summed E-state index contributed by atoms with van der Waals surface area (Å²) in [5, 5.41) is 6.20. The third-order valence-electron chi connectivity index (χ3n) is 6.32. The molecule has 0 radical (unpaired) electrons. The van der Waals surface area contributed by atoms with Crippen molar-refractivity contribution in [2.75, 3.05) is 0 Å². The number of alkyl halides is 3. The number of hydrogen-bond acceptors (Lipinski definition) is 4. The molecule has 0 spiro atoms. The normalized spacial score (nSPS) is 12.3. The summed E-state index contributed by atoms with van der Waals surface area (Å²) in [5.74, 6) is 0.756. The van der Waals surface area contributed by atoms with E-state index in [4.69, 9.17) is 5.73 Å². The maximum Gasteiger partial charge on any atom is 0.436 e. The number of primary amides is 1. The third-order valence-corrected chi connectivity index (χ3v) is 6.32. The van der Waals surface area contributed by atoms with Gasteiger partial charge < -0.3 is 11.1 Å². The van der Waals surface area contributed by atoms with Gasteiger partial charge in [-0.25, -0.2) is 13.2 Å². The number of carbonyl (C=O) groups is 2. The molecule has 7 nitrogen and oxygen atoms in total. The van der Waals surface area contributed by atoms with Crippen LogP contribution in [0.15, 0.2) is 60.9 Å². The van der Waals surface area contributed by atoms with Gasteiger partial charge in [0.15, 0.2) is 5.69 Å². The molecule has 13 heteroatoms. The number of amides is 2. The second kappa shape index (κ2) is 12.9. The van der Waals surface area contributed by atoms with Gasteiger partial charge >= 0.3 is 6.18 Å². The van der Waals surface area contributed by atoms with Crippen LogP contribution in [-0.2, 0) is 23.9 Å². The van der Waals surface area contributed by atoms with E-state index in [1.807, 2.05) is 0 Å². The van der Waals surface area contributed by atoms with Crippen molar-refractivity contribution in [3.8, 4) is 23.0 Å². The molecule has 234 valence electrons. The van der Waals surface area contributed by atoms with Crippen LogP contribution in [0, 0.1) is 34.7 Å². The maximum atomic E-state index is 14.2. The summed E-state index contributed by atoms with van der Waals surface area (Å²) >= 11 is 0. The molecule has 3 N–H and O–H groups in total. The SMILES string of the molecule is CC(C)(C)C#Cc1cn(CC(=O)NC(Cc2cc(F)cc(F)c2)c2ncccc2-c2ccc(F)c(C(N)=O)c2)nc1C(F)(F)F. The van der Waals surface area contributed by atoms with Crippen molar-refractivity contribution in [2.24, 2.45) is 11.1 Å². The summed E-state index contributed by atoms with van der Waals surface area (Å²) in [4.78, 5) is 29.4. The van der Waals surface area contributed by atoms with Gasteiger partial charge in [-0.3, -0.25) is 19.3 Å². The lowest BCUT2D eigenvalue weighted by molar-refractivity contribution is -0.142. The molecular weight excluding hydrogens is 600 g/mol. The van der Waals surface area contributed by atoms with Crippen LogP contribution in [0.1, 0.15) is 59.7 Å². The van der Waals surface area contributed by atoms with Gasteiger partial charge in [-0.2, -0.15) is 18.3 Å². The fraction of sp³-hybridized carbons (Fsp3) is 0.250. The first-order valence-electron chi connectivity index (χ1n) is 13.5. The first-order chi connectivity index (χ1) is 21.0. The number of hydrogen-bond donors (Lipinski definition) is 2. The second-order valence-corrected chi connectivity index (χ2v) is 11.2. The van der Waals surface area contributed by atoms with Crippen LogP contribution in [0.25, 0.3) is 11.1 Å². The standard InChI is InChI=1S/C32H27F6N5O2/c1-31(2,3)9-8-20-16-43(42-29(20)32(36,37)38)17-27(44)41-26(13-18-11-21(33)15-22(34)12-18)28-23(5-4-10-40-28)19-6-7-25(35)24(14-19)30(39)45/h4-7,10-12,14-16,26H,13,17H2,1-3H3,(H2,39,45)(H,41,44). The molecule has 45 heavy (non-hydrogen) atoms. The Balaban J connectivity index is 1.73.